The van der Waals surface area contributed by atoms with E-state index in [1.165, 1.54) is 23.7 Å². The molecule has 1 saturated heterocycles. The van der Waals surface area contributed by atoms with Crippen molar-refractivity contribution in [2.45, 2.75) is 81.9 Å². The van der Waals surface area contributed by atoms with Crippen LogP contribution in [0.2, 0.25) is 5.02 Å². The van der Waals surface area contributed by atoms with Gasteiger partial charge in [-0.15, -0.1) is 0 Å². The van der Waals surface area contributed by atoms with Gasteiger partial charge in [-0.2, -0.15) is 4.31 Å². The summed E-state index contributed by atoms with van der Waals surface area (Å²) in [5, 5.41) is 11.3. The Labute approximate surface area is 374 Å². The topological polar surface area (TPSA) is 150 Å². The van der Waals surface area contributed by atoms with E-state index in [4.69, 9.17) is 35.3 Å². The minimum Gasteiger partial charge on any atom is -0.497 e. The zero-order valence-electron chi connectivity index (χ0n) is 36.3. The summed E-state index contributed by atoms with van der Waals surface area (Å²) in [6.45, 7) is 4.98. The van der Waals surface area contributed by atoms with Crippen molar-refractivity contribution >= 4 is 33.4 Å². The van der Waals surface area contributed by atoms with Gasteiger partial charge in [0.2, 0.25) is 10.0 Å². The number of hydrogen-bond acceptors (Lipinski definition) is 12. The molecule has 1 spiro atoms. The molecule has 1 fully saturated rings. The van der Waals surface area contributed by atoms with Crippen LogP contribution in [-0.2, 0) is 44.4 Å². The molecule has 0 amide bonds. The summed E-state index contributed by atoms with van der Waals surface area (Å²) in [5.74, 6) is -0.402. The van der Waals surface area contributed by atoms with Crippen LogP contribution in [0.1, 0.15) is 72.3 Å². The summed E-state index contributed by atoms with van der Waals surface area (Å²) in [6.07, 6.45) is 3.24. The standard InChI is InChI=1S/C47H56ClFN4O9S/c1-30(31(2)63(56,57)53(25-32-9-14-37(58-3)15-10-32)26-33-11-16-38(59-4)17-12-33)8-19-40(49)42(54)43-35(20-22-61-43)27-52-28-47(21-6-7-34-23-36(48)13-18-39(34)47)29-62-45-44(52)51-41(24-50-45)46(55)60-5/h9-19,23-24,30-31,35,42-43,54H,6-8,20-22,25-29H2,1-5H3/b40-19-/t30-,31+,35-,42?,43+,47-/m0/s1. The van der Waals surface area contributed by atoms with Crippen molar-refractivity contribution < 1.29 is 46.4 Å². The number of benzene rings is 3. The van der Waals surface area contributed by atoms with Gasteiger partial charge in [-0.05, 0) is 110 Å². The van der Waals surface area contributed by atoms with Gasteiger partial charge in [0.15, 0.2) is 11.5 Å². The Hall–Kier alpha value is -4.80. The number of fused-ring (bicyclic) bond motifs is 3. The molecular formula is C47H56ClFN4O9S. The van der Waals surface area contributed by atoms with Crippen LogP contribution < -0.4 is 19.1 Å². The van der Waals surface area contributed by atoms with E-state index in [1.807, 2.05) is 47.4 Å². The zero-order valence-corrected chi connectivity index (χ0v) is 37.9. The summed E-state index contributed by atoms with van der Waals surface area (Å²) in [7, 11) is 0.478. The second kappa shape index (κ2) is 19.9. The summed E-state index contributed by atoms with van der Waals surface area (Å²) < 4.78 is 74.3. The van der Waals surface area contributed by atoms with E-state index < -0.39 is 50.6 Å². The molecular weight excluding hydrogens is 851 g/mol. The molecule has 2 aliphatic heterocycles. The maximum absolute atomic E-state index is 16.2. The van der Waals surface area contributed by atoms with Crippen LogP contribution in [0.25, 0.3) is 0 Å². The molecule has 1 N–H and O–H groups in total. The smallest absolute Gasteiger partial charge is 0.358 e. The lowest BCUT2D eigenvalue weighted by atomic mass is 9.70. The maximum Gasteiger partial charge on any atom is 0.358 e. The molecule has 16 heteroatoms. The van der Waals surface area contributed by atoms with Gasteiger partial charge in [0.25, 0.3) is 5.88 Å². The molecule has 63 heavy (non-hydrogen) atoms. The van der Waals surface area contributed by atoms with Crippen LogP contribution >= 0.6 is 11.6 Å². The van der Waals surface area contributed by atoms with Crippen molar-refractivity contribution in [3.63, 3.8) is 0 Å². The van der Waals surface area contributed by atoms with Crippen LogP contribution in [0.15, 0.2) is 84.8 Å². The van der Waals surface area contributed by atoms with E-state index in [1.54, 1.807) is 52.3 Å². The highest BCUT2D eigenvalue weighted by atomic mass is 35.5. The monoisotopic (exact) mass is 906 g/mol. The number of esters is 1. The Balaban J connectivity index is 1.08. The molecule has 3 aromatic carbocycles. The molecule has 0 bridgehead atoms. The molecule has 0 radical (unpaired) electrons. The number of carbonyl (C=O) groups is 1. The lowest BCUT2D eigenvalue weighted by molar-refractivity contribution is -0.00976. The third-order valence-electron chi connectivity index (χ3n) is 12.8. The van der Waals surface area contributed by atoms with Gasteiger partial charge in [0.1, 0.15) is 30.0 Å². The summed E-state index contributed by atoms with van der Waals surface area (Å²) in [4.78, 5) is 23.8. The van der Waals surface area contributed by atoms with Gasteiger partial charge in [0, 0.05) is 49.1 Å². The fourth-order valence-electron chi connectivity index (χ4n) is 8.96. The molecule has 1 aromatic heterocycles. The number of allylic oxidation sites excluding steroid dienone is 1. The van der Waals surface area contributed by atoms with E-state index in [2.05, 4.69) is 9.97 Å². The normalized spacial score (nSPS) is 21.5. The first-order valence-electron chi connectivity index (χ1n) is 21.3. The van der Waals surface area contributed by atoms with Crippen molar-refractivity contribution in [2.75, 3.05) is 52.5 Å². The third-order valence-corrected chi connectivity index (χ3v) is 15.4. The van der Waals surface area contributed by atoms with Crippen LogP contribution in [0.5, 0.6) is 17.4 Å². The molecule has 7 rings (SSSR count). The largest absolute Gasteiger partial charge is 0.497 e. The summed E-state index contributed by atoms with van der Waals surface area (Å²) in [6, 6.07) is 20.4. The van der Waals surface area contributed by atoms with Crippen LogP contribution in [0.3, 0.4) is 0 Å². The summed E-state index contributed by atoms with van der Waals surface area (Å²) >= 11 is 6.43. The number of ether oxygens (including phenoxy) is 5. The number of sulfonamides is 1. The molecule has 13 nitrogen and oxygen atoms in total. The third kappa shape index (κ3) is 10.3. The lowest BCUT2D eigenvalue weighted by Gasteiger charge is -2.41. The number of aliphatic hydroxyl groups excluding tert-OH is 1. The predicted octanol–water partition coefficient (Wildman–Crippen LogP) is 7.47. The minimum atomic E-state index is -3.94. The SMILES string of the molecule is COC(=O)c1cnc2c(n1)N(C[C@@H]1CCO[C@H]1C(O)/C(F)=C/C[C@H](C)[C@@H](C)S(=O)(=O)N(Cc1ccc(OC)cc1)Cc1ccc(OC)cc1)C[C@@]1(CCCc3cc(Cl)ccc31)CO2. The number of halogens is 2. The van der Waals surface area contributed by atoms with E-state index in [9.17, 15) is 18.3 Å². The van der Waals surface area contributed by atoms with Crippen molar-refractivity contribution in [3.8, 4) is 17.4 Å². The fraction of sp³-hybridized carbons (Fsp3) is 0.468. The van der Waals surface area contributed by atoms with Gasteiger partial charge in [-0.25, -0.2) is 27.6 Å². The van der Waals surface area contributed by atoms with Gasteiger partial charge in [-0.3, -0.25) is 0 Å². The molecule has 3 aliphatic rings. The number of hydrogen-bond donors (Lipinski definition) is 1. The highest BCUT2D eigenvalue weighted by Crippen LogP contribution is 2.44. The Morgan fingerprint density at radius 1 is 1.05 bits per heavy atom. The van der Waals surface area contributed by atoms with E-state index in [0.717, 1.165) is 41.5 Å². The van der Waals surface area contributed by atoms with Crippen molar-refractivity contribution in [3.05, 3.63) is 118 Å². The maximum atomic E-state index is 16.2. The molecule has 1 aliphatic carbocycles. The Morgan fingerprint density at radius 2 is 1.71 bits per heavy atom. The first-order chi connectivity index (χ1) is 30.2. The van der Waals surface area contributed by atoms with Crippen molar-refractivity contribution in [1.82, 2.24) is 14.3 Å². The van der Waals surface area contributed by atoms with Crippen molar-refractivity contribution in [2.24, 2.45) is 11.8 Å². The number of aromatic nitrogens is 2. The van der Waals surface area contributed by atoms with Crippen molar-refractivity contribution in [1.29, 1.82) is 0 Å². The average Bonchev–Trinajstić information content (AvgIpc) is 3.71. The Morgan fingerprint density at radius 3 is 2.35 bits per heavy atom. The van der Waals surface area contributed by atoms with Crippen LogP contribution in [0, 0.1) is 11.8 Å². The molecule has 0 saturated carbocycles. The van der Waals surface area contributed by atoms with Gasteiger partial charge in [-0.1, -0.05) is 48.9 Å². The first-order valence-corrected chi connectivity index (χ1v) is 23.2. The molecule has 338 valence electrons. The first kappa shape index (κ1) is 46.2. The number of methoxy groups -OCH3 is 3. The lowest BCUT2D eigenvalue weighted by Crippen LogP contribution is -2.48. The molecule has 4 aromatic rings. The van der Waals surface area contributed by atoms with Crippen LogP contribution in [0.4, 0.5) is 10.2 Å². The van der Waals surface area contributed by atoms with E-state index in [0.29, 0.717) is 55.1 Å². The van der Waals surface area contributed by atoms with Crippen LogP contribution in [-0.4, -0.2) is 98.9 Å². The fourth-order valence-corrected chi connectivity index (χ4v) is 11.0. The number of rotatable bonds is 16. The highest BCUT2D eigenvalue weighted by molar-refractivity contribution is 7.89. The number of nitrogens with zero attached hydrogens (tertiary/aromatic N) is 4. The number of aliphatic hydroxyl groups is 1. The van der Waals surface area contributed by atoms with Gasteiger partial charge >= 0.3 is 5.97 Å². The van der Waals surface area contributed by atoms with E-state index in [-0.39, 0.29) is 37.0 Å². The molecule has 1 unspecified atom stereocenters. The number of anilines is 1. The molecule has 3 heterocycles. The highest BCUT2D eigenvalue weighted by Gasteiger charge is 2.45. The Kier molecular flexibility index (Phi) is 14.6. The zero-order chi connectivity index (χ0) is 44.9. The molecule has 6 atom stereocenters. The predicted molar refractivity (Wildman–Crippen MR) is 238 cm³/mol. The van der Waals surface area contributed by atoms with Gasteiger partial charge in [0.05, 0.1) is 38.9 Å². The van der Waals surface area contributed by atoms with E-state index >= 15 is 4.39 Å². The van der Waals surface area contributed by atoms with Gasteiger partial charge < -0.3 is 33.7 Å². The minimum absolute atomic E-state index is 0.0137. The second-order valence-corrected chi connectivity index (χ2v) is 19.6. The second-order valence-electron chi connectivity index (χ2n) is 16.8. The quantitative estimate of drug-likeness (QED) is 0.111. The average molecular weight is 908 g/mol. The number of aryl methyl sites for hydroxylation is 1. The Bertz CT molecular complexity index is 2320. The number of carbonyl (C=O) groups excluding carboxylic acids is 1. The summed E-state index contributed by atoms with van der Waals surface area (Å²) in [5.41, 5.74) is 3.36.